The van der Waals surface area contributed by atoms with E-state index in [-0.39, 0.29) is 0 Å². The molecule has 0 saturated heterocycles. The number of hydrogen-bond acceptors (Lipinski definition) is 1. The van der Waals surface area contributed by atoms with Crippen molar-refractivity contribution in [1.82, 2.24) is 0 Å². The van der Waals surface area contributed by atoms with Crippen molar-refractivity contribution in [2.75, 3.05) is 0 Å². The lowest BCUT2D eigenvalue weighted by Gasteiger charge is -2.30. The Morgan fingerprint density at radius 3 is 1.41 bits per heavy atom. The molecule has 0 aliphatic carbocycles. The molecule has 0 rings (SSSR count). The first-order valence-electron chi connectivity index (χ1n) is 3.35. The summed E-state index contributed by atoms with van der Waals surface area (Å²) < 4.78 is 119. The Labute approximate surface area is 85.8 Å². The number of alkyl halides is 10. The summed E-state index contributed by atoms with van der Waals surface area (Å²) in [7, 11) is 0. The molecule has 0 aromatic carbocycles. The van der Waals surface area contributed by atoms with Crippen molar-refractivity contribution in [2.45, 2.75) is 30.7 Å². The molecule has 0 amide bonds. The van der Waals surface area contributed by atoms with Gasteiger partial charge in [0.1, 0.15) is 0 Å². The van der Waals surface area contributed by atoms with Crippen LogP contribution in [0.2, 0.25) is 0 Å². The monoisotopic (exact) mass is 283 g/mol. The Morgan fingerprint density at radius 2 is 1.18 bits per heavy atom. The van der Waals surface area contributed by atoms with Gasteiger partial charge in [-0.25, -0.2) is 13.5 Å². The van der Waals surface area contributed by atoms with Crippen LogP contribution >= 0.6 is 0 Å². The first-order chi connectivity index (χ1) is 7.15. The van der Waals surface area contributed by atoms with Gasteiger partial charge in [-0.3, -0.25) is 0 Å². The van der Waals surface area contributed by atoms with E-state index in [0.29, 0.717) is 0 Å². The van der Waals surface area contributed by atoms with Gasteiger partial charge >= 0.3 is 30.7 Å². The molecule has 0 fully saturated rings. The Kier molecular flexibility index (Phi) is 3.96. The average molecular weight is 283 g/mol. The Hall–Kier alpha value is -0.780. The Balaban J connectivity index is 5.17. The summed E-state index contributed by atoms with van der Waals surface area (Å²) in [4.78, 5) is 0. The topological polar surface area (TPSA) is 29.1 Å². The molecule has 103 valence electrons. The van der Waals surface area contributed by atoms with Crippen LogP contribution in [0.15, 0.2) is 0 Å². The molecule has 0 aliphatic heterocycles. The standard InChI is InChI=1S/C5HF10O2/c6-1(7)2(8,16)17-5(14,15)3(9,10)4(11,12)13/h1H. The molecule has 17 heavy (non-hydrogen) atoms. The normalized spacial score (nSPS) is 18.4. The van der Waals surface area contributed by atoms with E-state index in [4.69, 9.17) is 0 Å². The number of rotatable bonds is 4. The minimum atomic E-state index is -7.00. The van der Waals surface area contributed by atoms with Gasteiger partial charge in [0.15, 0.2) is 0 Å². The van der Waals surface area contributed by atoms with E-state index < -0.39 is 30.7 Å². The second-order valence-electron chi connectivity index (χ2n) is 2.57. The fourth-order valence-electron chi connectivity index (χ4n) is 0.448. The molecule has 2 nitrogen and oxygen atoms in total. The van der Waals surface area contributed by atoms with Crippen LogP contribution in [0.1, 0.15) is 0 Å². The number of ether oxygens (including phenoxy) is 1. The lowest BCUT2D eigenvalue weighted by atomic mass is 10.3. The van der Waals surface area contributed by atoms with Crippen molar-refractivity contribution < 1.29 is 53.7 Å². The van der Waals surface area contributed by atoms with Crippen LogP contribution < -0.4 is 0 Å². The highest BCUT2D eigenvalue weighted by Crippen LogP contribution is 2.48. The lowest BCUT2D eigenvalue weighted by molar-refractivity contribution is -0.508. The third kappa shape index (κ3) is 3.12. The molecule has 0 aromatic rings. The quantitative estimate of drug-likeness (QED) is 0.575. The van der Waals surface area contributed by atoms with Crippen molar-refractivity contribution in [3.05, 3.63) is 0 Å². The maximum Gasteiger partial charge on any atom is 0.462 e. The molecule has 12 heteroatoms. The van der Waals surface area contributed by atoms with Gasteiger partial charge < -0.3 is 0 Å². The third-order valence-corrected chi connectivity index (χ3v) is 1.25. The van der Waals surface area contributed by atoms with Gasteiger partial charge in [0.25, 0.3) is 0 Å². The molecule has 0 saturated carbocycles. The number of hydrogen-bond donors (Lipinski definition) is 0. The molecule has 0 N–H and O–H groups in total. The van der Waals surface area contributed by atoms with Gasteiger partial charge in [0, 0.05) is 0 Å². The maximum absolute atomic E-state index is 12.1. The summed E-state index contributed by atoms with van der Waals surface area (Å²) in [5.41, 5.74) is 0. The predicted octanol–water partition coefficient (Wildman–Crippen LogP) is 3.11. The smallest absolute Gasteiger partial charge is 0.247 e. The third-order valence-electron chi connectivity index (χ3n) is 1.25. The van der Waals surface area contributed by atoms with E-state index in [9.17, 15) is 49.0 Å². The fourth-order valence-corrected chi connectivity index (χ4v) is 0.448. The molecular weight excluding hydrogens is 282 g/mol. The van der Waals surface area contributed by atoms with Crippen molar-refractivity contribution in [3.8, 4) is 0 Å². The Bertz CT molecular complexity index is 268. The number of halogens is 10. The van der Waals surface area contributed by atoms with E-state index in [1.54, 1.807) is 4.74 Å². The fraction of sp³-hybridized carbons (Fsp3) is 1.00. The highest BCUT2D eigenvalue weighted by molar-refractivity contribution is 4.85. The van der Waals surface area contributed by atoms with Crippen LogP contribution in [0.5, 0.6) is 0 Å². The zero-order chi connectivity index (χ0) is 14.3. The average Bonchev–Trinajstić information content (AvgIpc) is 1.98. The van der Waals surface area contributed by atoms with Gasteiger partial charge in [0.05, 0.1) is 0 Å². The SMILES string of the molecule is [O]C(F)(OC(F)(F)C(F)(F)C(F)(F)F)C(F)F. The molecule has 1 unspecified atom stereocenters. The summed E-state index contributed by atoms with van der Waals surface area (Å²) >= 11 is 0. The predicted molar refractivity (Wildman–Crippen MR) is 27.6 cm³/mol. The van der Waals surface area contributed by atoms with Gasteiger partial charge in [0.2, 0.25) is 0 Å². The minimum absolute atomic E-state index is 1.70. The molecular formula is C5HF10O2. The van der Waals surface area contributed by atoms with Gasteiger partial charge in [-0.05, 0) is 0 Å². The molecule has 1 atom stereocenters. The van der Waals surface area contributed by atoms with E-state index in [1.807, 2.05) is 0 Å². The maximum atomic E-state index is 12.1. The lowest BCUT2D eigenvalue weighted by Crippen LogP contribution is -2.57. The largest absolute Gasteiger partial charge is 0.462 e. The second-order valence-corrected chi connectivity index (χ2v) is 2.57. The van der Waals surface area contributed by atoms with Crippen LogP contribution in [0.25, 0.3) is 0 Å². The van der Waals surface area contributed by atoms with Crippen molar-refractivity contribution >= 4 is 0 Å². The van der Waals surface area contributed by atoms with E-state index in [2.05, 4.69) is 0 Å². The second kappa shape index (κ2) is 4.15. The molecule has 0 aliphatic rings. The molecule has 0 bridgehead atoms. The Morgan fingerprint density at radius 1 is 0.824 bits per heavy atom. The van der Waals surface area contributed by atoms with Gasteiger partial charge in [-0.1, -0.05) is 0 Å². The van der Waals surface area contributed by atoms with Crippen molar-refractivity contribution in [3.63, 3.8) is 0 Å². The zero-order valence-corrected chi connectivity index (χ0v) is 7.17. The summed E-state index contributed by atoms with van der Waals surface area (Å²) in [6, 6.07) is -5.90. The summed E-state index contributed by atoms with van der Waals surface area (Å²) in [6.07, 6.45) is -18.6. The van der Waals surface area contributed by atoms with Crippen LogP contribution in [-0.4, -0.2) is 30.7 Å². The van der Waals surface area contributed by atoms with Crippen molar-refractivity contribution in [1.29, 1.82) is 0 Å². The summed E-state index contributed by atoms with van der Waals surface area (Å²) in [5, 5.41) is 9.77. The van der Waals surface area contributed by atoms with Crippen LogP contribution in [-0.2, 0) is 9.84 Å². The first-order valence-corrected chi connectivity index (χ1v) is 3.35. The summed E-state index contributed by atoms with van der Waals surface area (Å²) in [5.74, 6) is -7.00. The van der Waals surface area contributed by atoms with E-state index in [1.165, 1.54) is 0 Å². The molecule has 1 radical (unpaired) electrons. The highest BCUT2D eigenvalue weighted by Gasteiger charge is 2.77. The van der Waals surface area contributed by atoms with E-state index in [0.717, 1.165) is 0 Å². The van der Waals surface area contributed by atoms with E-state index >= 15 is 0 Å². The first kappa shape index (κ1) is 16.2. The van der Waals surface area contributed by atoms with Crippen molar-refractivity contribution in [2.24, 2.45) is 0 Å². The molecule has 0 spiro atoms. The van der Waals surface area contributed by atoms with Gasteiger partial charge in [-0.2, -0.15) is 40.2 Å². The minimum Gasteiger partial charge on any atom is -0.247 e. The van der Waals surface area contributed by atoms with Gasteiger partial charge in [-0.15, -0.1) is 0 Å². The molecule has 0 aromatic heterocycles. The highest BCUT2D eigenvalue weighted by atomic mass is 19.4. The zero-order valence-electron chi connectivity index (χ0n) is 7.17. The van der Waals surface area contributed by atoms with Crippen LogP contribution in [0.3, 0.4) is 0 Å². The van der Waals surface area contributed by atoms with Crippen LogP contribution in [0.4, 0.5) is 43.9 Å². The summed E-state index contributed by atoms with van der Waals surface area (Å²) in [6.45, 7) is 0. The van der Waals surface area contributed by atoms with Crippen LogP contribution in [0, 0.1) is 0 Å². The molecule has 0 heterocycles.